The fraction of sp³-hybridized carbons (Fsp3) is 0.222. The fourth-order valence-corrected chi connectivity index (χ4v) is 4.48. The lowest BCUT2D eigenvalue weighted by Crippen LogP contribution is -2.32. The molecule has 36 heavy (non-hydrogen) atoms. The van der Waals surface area contributed by atoms with Crippen LogP contribution in [0.3, 0.4) is 0 Å². The number of Topliss-reactive ketones (excluding diaryl/α,β-unsaturated/α-hetero) is 1. The van der Waals surface area contributed by atoms with Gasteiger partial charge in [0.25, 0.3) is 5.69 Å². The van der Waals surface area contributed by atoms with Crippen molar-refractivity contribution in [3.8, 4) is 23.0 Å². The van der Waals surface area contributed by atoms with Crippen LogP contribution in [0.25, 0.3) is 6.08 Å². The summed E-state index contributed by atoms with van der Waals surface area (Å²) in [6, 6.07) is 13.6. The molecule has 2 aliphatic rings. The number of carbonyl (C=O) groups excluding carboxylic acids is 1. The first kappa shape index (κ1) is 23.4. The normalized spacial score (nSPS) is 15.6. The van der Waals surface area contributed by atoms with Gasteiger partial charge in [0.2, 0.25) is 5.78 Å². The van der Waals surface area contributed by atoms with Gasteiger partial charge in [-0.05, 0) is 54.5 Å². The van der Waals surface area contributed by atoms with Gasteiger partial charge >= 0.3 is 0 Å². The highest BCUT2D eigenvalue weighted by atomic mass is 16.6. The van der Waals surface area contributed by atoms with Gasteiger partial charge in [0, 0.05) is 36.3 Å². The van der Waals surface area contributed by atoms with E-state index in [9.17, 15) is 14.9 Å². The van der Waals surface area contributed by atoms with Crippen LogP contribution in [0.1, 0.15) is 32.6 Å². The summed E-state index contributed by atoms with van der Waals surface area (Å²) in [5.41, 5.74) is 3.83. The zero-order chi connectivity index (χ0) is 25.4. The third-order valence-corrected chi connectivity index (χ3v) is 6.26. The minimum atomic E-state index is -0.466. The average Bonchev–Trinajstić information content (AvgIpc) is 3.19. The molecule has 9 heteroatoms. The van der Waals surface area contributed by atoms with Crippen molar-refractivity contribution in [2.75, 3.05) is 21.0 Å². The van der Waals surface area contributed by atoms with E-state index >= 15 is 0 Å². The summed E-state index contributed by atoms with van der Waals surface area (Å²) in [4.78, 5) is 25.7. The Kier molecular flexibility index (Phi) is 6.07. The van der Waals surface area contributed by atoms with Crippen LogP contribution in [0.15, 0.2) is 54.3 Å². The molecule has 0 aliphatic carbocycles. The molecule has 0 saturated heterocycles. The Bertz CT molecular complexity index is 1400. The number of ketones is 1. The monoisotopic (exact) mass is 488 g/mol. The molecule has 0 spiro atoms. The molecule has 3 aromatic carbocycles. The second-order valence-corrected chi connectivity index (χ2v) is 8.60. The van der Waals surface area contributed by atoms with Crippen molar-refractivity contribution in [3.05, 3.63) is 92.2 Å². The molecule has 0 N–H and O–H groups in total. The van der Waals surface area contributed by atoms with Crippen LogP contribution in [0.4, 0.5) is 5.69 Å². The lowest BCUT2D eigenvalue weighted by Gasteiger charge is -2.30. The van der Waals surface area contributed by atoms with Crippen LogP contribution in [0.5, 0.6) is 23.0 Å². The zero-order valence-electron chi connectivity index (χ0n) is 20.1. The standard InChI is InChI=1S/C27H24N2O7/c1-16-26-19(14-28(15-35-26)13-18-6-9-22(33-2)23(11-18)34-3)12-21-25(30)24(36-27(16)21)10-17-4-7-20(8-5-17)29(31)32/h4-12H,13-15H2,1-3H3/b24-10-. The van der Waals surface area contributed by atoms with Crippen LogP contribution >= 0.6 is 0 Å². The van der Waals surface area contributed by atoms with Crippen LogP contribution < -0.4 is 18.9 Å². The van der Waals surface area contributed by atoms with E-state index in [0.29, 0.717) is 48.2 Å². The number of hydrogen-bond donors (Lipinski definition) is 0. The van der Waals surface area contributed by atoms with E-state index in [1.165, 1.54) is 12.1 Å². The Labute approximate surface area is 207 Å². The van der Waals surface area contributed by atoms with Gasteiger partial charge in [-0.1, -0.05) is 6.07 Å². The van der Waals surface area contributed by atoms with E-state index in [2.05, 4.69) is 4.90 Å². The van der Waals surface area contributed by atoms with Gasteiger partial charge in [0.05, 0.1) is 24.7 Å². The third kappa shape index (κ3) is 4.25. The van der Waals surface area contributed by atoms with Crippen molar-refractivity contribution in [1.82, 2.24) is 4.90 Å². The molecule has 0 radical (unpaired) electrons. The molecular weight excluding hydrogens is 464 g/mol. The summed E-state index contributed by atoms with van der Waals surface area (Å²) < 4.78 is 22.7. The Morgan fingerprint density at radius 1 is 1.06 bits per heavy atom. The van der Waals surface area contributed by atoms with E-state index < -0.39 is 4.92 Å². The van der Waals surface area contributed by atoms with Crippen molar-refractivity contribution in [3.63, 3.8) is 0 Å². The maximum atomic E-state index is 13.1. The molecule has 0 unspecified atom stereocenters. The molecule has 3 aromatic rings. The molecule has 0 amide bonds. The lowest BCUT2D eigenvalue weighted by atomic mass is 9.99. The van der Waals surface area contributed by atoms with Crippen molar-refractivity contribution >= 4 is 17.5 Å². The minimum Gasteiger partial charge on any atom is -0.493 e. The fourth-order valence-electron chi connectivity index (χ4n) is 4.48. The Balaban J connectivity index is 1.37. The van der Waals surface area contributed by atoms with E-state index in [4.69, 9.17) is 18.9 Å². The second-order valence-electron chi connectivity index (χ2n) is 8.60. The number of ether oxygens (including phenoxy) is 4. The van der Waals surface area contributed by atoms with Crippen LogP contribution in [0.2, 0.25) is 0 Å². The number of benzene rings is 3. The van der Waals surface area contributed by atoms with Gasteiger partial charge in [-0.15, -0.1) is 0 Å². The summed E-state index contributed by atoms with van der Waals surface area (Å²) in [6.45, 7) is 3.50. The molecule has 9 nitrogen and oxygen atoms in total. The number of carbonyl (C=O) groups is 1. The number of non-ortho nitro benzene ring substituents is 1. The molecule has 0 fully saturated rings. The molecule has 2 heterocycles. The molecule has 0 bridgehead atoms. The molecule has 184 valence electrons. The molecule has 0 aromatic heterocycles. The number of fused-ring (bicyclic) bond motifs is 2. The summed E-state index contributed by atoms with van der Waals surface area (Å²) in [5.74, 6) is 2.49. The summed E-state index contributed by atoms with van der Waals surface area (Å²) in [6.07, 6.45) is 1.59. The van der Waals surface area contributed by atoms with Gasteiger partial charge in [-0.2, -0.15) is 0 Å². The first-order valence-electron chi connectivity index (χ1n) is 11.3. The summed E-state index contributed by atoms with van der Waals surface area (Å²) in [5, 5.41) is 10.9. The topological polar surface area (TPSA) is 100 Å². The van der Waals surface area contributed by atoms with Gasteiger partial charge in [-0.25, -0.2) is 0 Å². The highest BCUT2D eigenvalue weighted by Gasteiger charge is 2.33. The van der Waals surface area contributed by atoms with Crippen molar-refractivity contribution in [1.29, 1.82) is 0 Å². The number of rotatable bonds is 6. The van der Waals surface area contributed by atoms with Crippen molar-refractivity contribution < 1.29 is 28.7 Å². The van der Waals surface area contributed by atoms with Crippen LogP contribution in [0, 0.1) is 17.0 Å². The Morgan fingerprint density at radius 2 is 1.81 bits per heavy atom. The van der Waals surface area contributed by atoms with Gasteiger partial charge in [0.15, 0.2) is 17.3 Å². The zero-order valence-corrected chi connectivity index (χ0v) is 20.1. The first-order chi connectivity index (χ1) is 17.4. The smallest absolute Gasteiger partial charge is 0.269 e. The number of nitro groups is 1. The highest BCUT2D eigenvalue weighted by Crippen LogP contribution is 2.43. The van der Waals surface area contributed by atoms with Crippen molar-refractivity contribution in [2.45, 2.75) is 20.0 Å². The second kappa shape index (κ2) is 9.35. The number of allylic oxidation sites excluding steroid dienone is 1. The number of nitro benzene ring substituents is 1. The molecule has 2 aliphatic heterocycles. The van der Waals surface area contributed by atoms with E-state index in [1.54, 1.807) is 32.4 Å². The Hall–Kier alpha value is -4.37. The van der Waals surface area contributed by atoms with Crippen molar-refractivity contribution in [2.24, 2.45) is 0 Å². The molecule has 0 atom stereocenters. The van der Waals surface area contributed by atoms with Gasteiger partial charge in [0.1, 0.15) is 18.2 Å². The maximum Gasteiger partial charge on any atom is 0.269 e. The van der Waals surface area contributed by atoms with E-state index in [-0.39, 0.29) is 17.2 Å². The third-order valence-electron chi connectivity index (χ3n) is 6.26. The molecular formula is C27H24N2O7. The molecule has 0 saturated carbocycles. The number of methoxy groups -OCH3 is 2. The van der Waals surface area contributed by atoms with Gasteiger partial charge in [-0.3, -0.25) is 19.8 Å². The lowest BCUT2D eigenvalue weighted by molar-refractivity contribution is -0.384. The number of hydrogen-bond acceptors (Lipinski definition) is 8. The highest BCUT2D eigenvalue weighted by molar-refractivity contribution is 6.15. The largest absolute Gasteiger partial charge is 0.493 e. The van der Waals surface area contributed by atoms with Crippen LogP contribution in [-0.2, 0) is 13.1 Å². The molecule has 5 rings (SSSR count). The predicted molar refractivity (Wildman–Crippen MR) is 131 cm³/mol. The predicted octanol–water partition coefficient (Wildman–Crippen LogP) is 4.89. The summed E-state index contributed by atoms with van der Waals surface area (Å²) in [7, 11) is 3.21. The minimum absolute atomic E-state index is 0.0163. The summed E-state index contributed by atoms with van der Waals surface area (Å²) >= 11 is 0. The SMILES string of the molecule is COc1ccc(CN2COc3c(cc4c(c3C)O/C(=C\c3ccc([N+](=O)[O-])cc3)C4=O)C2)cc1OC. The van der Waals surface area contributed by atoms with E-state index in [1.807, 2.05) is 31.2 Å². The Morgan fingerprint density at radius 3 is 2.50 bits per heavy atom. The quantitative estimate of drug-likeness (QED) is 0.275. The number of nitrogens with zero attached hydrogens (tertiary/aromatic N) is 2. The average molecular weight is 488 g/mol. The maximum absolute atomic E-state index is 13.1. The van der Waals surface area contributed by atoms with Gasteiger partial charge < -0.3 is 18.9 Å². The van der Waals surface area contributed by atoms with Crippen LogP contribution in [-0.4, -0.2) is 36.6 Å². The van der Waals surface area contributed by atoms with E-state index in [0.717, 1.165) is 22.4 Å². The first-order valence-corrected chi connectivity index (χ1v) is 11.3.